The summed E-state index contributed by atoms with van der Waals surface area (Å²) in [6.07, 6.45) is 0.173. The van der Waals surface area contributed by atoms with Gasteiger partial charge >= 0.3 is 5.97 Å². The normalized spacial score (nSPS) is 22.1. The predicted octanol–water partition coefficient (Wildman–Crippen LogP) is -2.83. The number of amides is 2. The number of aliphatic hydroxyl groups excluding tert-OH is 2. The highest BCUT2D eigenvalue weighted by Gasteiger charge is 2.31. The average Bonchev–Trinajstić information content (AvgIpc) is 2.94. The average molecular weight is 303 g/mol. The number of carboxylic acids is 1. The number of nitrogens with one attached hydrogen (secondary N) is 3. The van der Waals surface area contributed by atoms with E-state index in [0.29, 0.717) is 13.0 Å². The molecule has 9 heteroatoms. The predicted molar refractivity (Wildman–Crippen MR) is 71.3 cm³/mol. The number of aliphatic hydroxyl groups is 2. The smallest absolute Gasteiger partial charge is 0.328 e. The maximum atomic E-state index is 11.9. The Bertz CT molecular complexity index is 394. The fraction of sp³-hybridized carbons (Fsp3) is 0.750. The first-order valence-electron chi connectivity index (χ1n) is 6.72. The van der Waals surface area contributed by atoms with Gasteiger partial charge in [0.05, 0.1) is 18.8 Å². The van der Waals surface area contributed by atoms with Gasteiger partial charge in [0.2, 0.25) is 11.8 Å². The van der Waals surface area contributed by atoms with Crippen molar-refractivity contribution in [3.05, 3.63) is 0 Å². The zero-order valence-corrected chi connectivity index (χ0v) is 11.7. The van der Waals surface area contributed by atoms with Gasteiger partial charge in [0.25, 0.3) is 0 Å². The minimum atomic E-state index is -1.51. The lowest BCUT2D eigenvalue weighted by atomic mass is 10.1. The molecular formula is C12H21N3O6. The van der Waals surface area contributed by atoms with Crippen molar-refractivity contribution >= 4 is 17.8 Å². The minimum Gasteiger partial charge on any atom is -0.480 e. The maximum Gasteiger partial charge on any atom is 0.328 e. The van der Waals surface area contributed by atoms with Gasteiger partial charge in [0.15, 0.2) is 6.04 Å². The fourth-order valence-electron chi connectivity index (χ4n) is 2.02. The van der Waals surface area contributed by atoms with Gasteiger partial charge in [-0.15, -0.1) is 0 Å². The van der Waals surface area contributed by atoms with Crippen molar-refractivity contribution in [2.75, 3.05) is 13.2 Å². The first-order chi connectivity index (χ1) is 9.86. The molecule has 1 heterocycles. The maximum absolute atomic E-state index is 11.9. The van der Waals surface area contributed by atoms with Crippen molar-refractivity contribution in [3.8, 4) is 0 Å². The number of carboxylic acid groups (broad SMARTS) is 1. The van der Waals surface area contributed by atoms with Gasteiger partial charge in [0.1, 0.15) is 6.04 Å². The molecule has 21 heavy (non-hydrogen) atoms. The standard InChI is InChI=1S/C12H21N3O6/c1-6(17)9(12(20)21)15-11(19)8(5-16)14-10(18)7-3-2-4-13-7/h6-9,13,16-17H,2-5H2,1H3,(H,14,18)(H,15,19)(H,20,21)/t6-,7+,8+,9+/m1/s1. The first-order valence-corrected chi connectivity index (χ1v) is 6.72. The molecule has 0 aliphatic carbocycles. The van der Waals surface area contributed by atoms with E-state index in [1.807, 2.05) is 0 Å². The van der Waals surface area contributed by atoms with E-state index in [9.17, 15) is 24.6 Å². The molecule has 1 saturated heterocycles. The summed E-state index contributed by atoms with van der Waals surface area (Å²) >= 11 is 0. The Balaban J connectivity index is 2.59. The summed E-state index contributed by atoms with van der Waals surface area (Å²) in [5.74, 6) is -2.69. The van der Waals surface area contributed by atoms with Gasteiger partial charge < -0.3 is 31.3 Å². The Hall–Kier alpha value is -1.71. The van der Waals surface area contributed by atoms with Crippen molar-refractivity contribution in [1.29, 1.82) is 0 Å². The second-order valence-corrected chi connectivity index (χ2v) is 4.96. The van der Waals surface area contributed by atoms with Crippen LogP contribution in [0.1, 0.15) is 19.8 Å². The third kappa shape index (κ3) is 4.96. The van der Waals surface area contributed by atoms with E-state index in [2.05, 4.69) is 16.0 Å². The Morgan fingerprint density at radius 2 is 2.00 bits per heavy atom. The largest absolute Gasteiger partial charge is 0.480 e. The zero-order valence-electron chi connectivity index (χ0n) is 11.7. The van der Waals surface area contributed by atoms with Crippen molar-refractivity contribution in [1.82, 2.24) is 16.0 Å². The second kappa shape index (κ2) is 7.91. The van der Waals surface area contributed by atoms with Gasteiger partial charge in [0, 0.05) is 0 Å². The molecule has 0 saturated carbocycles. The Labute approximate surface area is 121 Å². The molecule has 4 atom stereocenters. The molecule has 1 aliphatic rings. The number of rotatable bonds is 7. The minimum absolute atomic E-state index is 0.418. The van der Waals surface area contributed by atoms with Gasteiger partial charge in [-0.1, -0.05) is 0 Å². The monoisotopic (exact) mass is 303 g/mol. The van der Waals surface area contributed by atoms with Crippen LogP contribution >= 0.6 is 0 Å². The van der Waals surface area contributed by atoms with E-state index >= 15 is 0 Å². The quantitative estimate of drug-likeness (QED) is 0.297. The van der Waals surface area contributed by atoms with Gasteiger partial charge in [-0.25, -0.2) is 4.79 Å². The lowest BCUT2D eigenvalue weighted by molar-refractivity contribution is -0.145. The Morgan fingerprint density at radius 1 is 1.33 bits per heavy atom. The third-order valence-corrected chi connectivity index (χ3v) is 3.24. The van der Waals surface area contributed by atoms with E-state index in [1.165, 1.54) is 6.92 Å². The van der Waals surface area contributed by atoms with Crippen molar-refractivity contribution in [2.45, 2.75) is 44.0 Å². The van der Waals surface area contributed by atoms with Crippen LogP contribution in [-0.2, 0) is 14.4 Å². The summed E-state index contributed by atoms with van der Waals surface area (Å²) in [5.41, 5.74) is 0. The number of hydrogen-bond acceptors (Lipinski definition) is 6. The van der Waals surface area contributed by atoms with Crippen LogP contribution in [0.4, 0.5) is 0 Å². The summed E-state index contributed by atoms with van der Waals surface area (Å²) in [6, 6.07) is -3.19. The molecule has 120 valence electrons. The molecule has 1 rings (SSSR count). The number of aliphatic carboxylic acids is 1. The van der Waals surface area contributed by atoms with Crippen molar-refractivity contribution < 1.29 is 29.7 Å². The van der Waals surface area contributed by atoms with Crippen molar-refractivity contribution in [2.24, 2.45) is 0 Å². The highest BCUT2D eigenvalue weighted by Crippen LogP contribution is 2.05. The molecule has 0 unspecified atom stereocenters. The van der Waals surface area contributed by atoms with Gasteiger partial charge in [-0.2, -0.15) is 0 Å². The molecule has 0 aromatic rings. The van der Waals surface area contributed by atoms with E-state index in [0.717, 1.165) is 6.42 Å². The first kappa shape index (κ1) is 17.3. The molecule has 0 bridgehead atoms. The van der Waals surface area contributed by atoms with Crippen LogP contribution < -0.4 is 16.0 Å². The lowest BCUT2D eigenvalue weighted by Gasteiger charge is -2.22. The molecule has 2 amide bonds. The van der Waals surface area contributed by atoms with E-state index in [-0.39, 0.29) is 0 Å². The third-order valence-electron chi connectivity index (χ3n) is 3.24. The molecule has 0 spiro atoms. The van der Waals surface area contributed by atoms with Crippen LogP contribution in [-0.4, -0.2) is 70.5 Å². The van der Waals surface area contributed by atoms with Gasteiger partial charge in [-0.05, 0) is 26.3 Å². The van der Waals surface area contributed by atoms with Gasteiger partial charge in [-0.3, -0.25) is 9.59 Å². The second-order valence-electron chi connectivity index (χ2n) is 4.96. The van der Waals surface area contributed by atoms with Crippen LogP contribution in [0.2, 0.25) is 0 Å². The molecule has 0 aromatic heterocycles. The van der Waals surface area contributed by atoms with Crippen LogP contribution in [0.15, 0.2) is 0 Å². The number of carbonyl (C=O) groups is 3. The summed E-state index contributed by atoms with van der Waals surface area (Å²) < 4.78 is 0. The molecule has 9 nitrogen and oxygen atoms in total. The molecule has 1 fully saturated rings. The zero-order chi connectivity index (χ0) is 16.0. The Morgan fingerprint density at radius 3 is 2.43 bits per heavy atom. The number of hydrogen-bond donors (Lipinski definition) is 6. The van der Waals surface area contributed by atoms with Crippen LogP contribution in [0.5, 0.6) is 0 Å². The molecule has 0 radical (unpaired) electrons. The van der Waals surface area contributed by atoms with E-state index < -0.39 is 48.6 Å². The summed E-state index contributed by atoms with van der Waals surface area (Å²) in [6.45, 7) is 1.25. The topological polar surface area (TPSA) is 148 Å². The fourth-order valence-corrected chi connectivity index (χ4v) is 2.02. The van der Waals surface area contributed by atoms with Crippen LogP contribution in [0, 0.1) is 0 Å². The SMILES string of the molecule is C[C@@H](O)[C@H](NC(=O)[C@H](CO)NC(=O)[C@@H]1CCCN1)C(=O)O. The molecule has 6 N–H and O–H groups in total. The van der Waals surface area contributed by atoms with Crippen LogP contribution in [0.3, 0.4) is 0 Å². The summed E-state index contributed by atoms with van der Waals surface area (Å²) in [4.78, 5) is 34.6. The highest BCUT2D eigenvalue weighted by atomic mass is 16.4. The highest BCUT2D eigenvalue weighted by molar-refractivity contribution is 5.92. The summed E-state index contributed by atoms with van der Waals surface area (Å²) in [7, 11) is 0. The molecular weight excluding hydrogens is 282 g/mol. The molecule has 0 aromatic carbocycles. The van der Waals surface area contributed by atoms with E-state index in [4.69, 9.17) is 5.11 Å². The van der Waals surface area contributed by atoms with E-state index in [1.54, 1.807) is 0 Å². The molecule has 1 aliphatic heterocycles. The number of carbonyl (C=O) groups excluding carboxylic acids is 2. The Kier molecular flexibility index (Phi) is 6.53. The van der Waals surface area contributed by atoms with Crippen molar-refractivity contribution in [3.63, 3.8) is 0 Å². The van der Waals surface area contributed by atoms with Crippen LogP contribution in [0.25, 0.3) is 0 Å². The lowest BCUT2D eigenvalue weighted by Crippen LogP contribution is -2.57. The summed E-state index contributed by atoms with van der Waals surface area (Å²) in [5, 5.41) is 34.7.